The molecule has 1 unspecified atom stereocenters. The number of carbonyl (C=O) groups is 2. The number of aryl methyl sites for hydroxylation is 1. The lowest BCUT2D eigenvalue weighted by atomic mass is 10.0. The van der Waals surface area contributed by atoms with E-state index in [0.717, 1.165) is 36.9 Å². The second kappa shape index (κ2) is 7.62. The number of nitrogens with zero attached hydrogens (tertiary/aromatic N) is 1. The number of anilines is 1. The Labute approximate surface area is 139 Å². The first-order chi connectivity index (χ1) is 10.9. The van der Waals surface area contributed by atoms with Gasteiger partial charge in [0.2, 0.25) is 5.91 Å². The van der Waals surface area contributed by atoms with Crippen molar-refractivity contribution in [3.05, 3.63) is 29.3 Å². The van der Waals surface area contributed by atoms with E-state index in [0.29, 0.717) is 12.5 Å². The Morgan fingerprint density at radius 3 is 2.70 bits per heavy atom. The Morgan fingerprint density at radius 2 is 2.09 bits per heavy atom. The number of rotatable bonds is 7. The van der Waals surface area contributed by atoms with Crippen LogP contribution in [0, 0.1) is 5.92 Å². The van der Waals surface area contributed by atoms with Crippen molar-refractivity contribution in [3.63, 3.8) is 0 Å². The van der Waals surface area contributed by atoms with Gasteiger partial charge in [0, 0.05) is 24.7 Å². The molecular weight excluding hydrogens is 288 g/mol. The molecule has 23 heavy (non-hydrogen) atoms. The molecule has 1 N–H and O–H groups in total. The van der Waals surface area contributed by atoms with E-state index < -0.39 is 6.04 Å². The molecule has 2 amide bonds. The number of amides is 2. The summed E-state index contributed by atoms with van der Waals surface area (Å²) in [4.78, 5) is 26.1. The maximum absolute atomic E-state index is 12.7. The zero-order chi connectivity index (χ0) is 17.0. The quantitative estimate of drug-likeness (QED) is 0.835. The van der Waals surface area contributed by atoms with Crippen LogP contribution in [0.25, 0.3) is 0 Å². The SMILES string of the molecule is CCCCc1ccc2c(c1)C(NC(C)=O)C(=O)N2CCC(C)C. The smallest absolute Gasteiger partial charge is 0.254 e. The molecule has 1 aromatic carbocycles. The van der Waals surface area contributed by atoms with Crippen LogP contribution in [0.1, 0.15) is 64.1 Å². The monoisotopic (exact) mass is 316 g/mol. The maximum Gasteiger partial charge on any atom is 0.254 e. The summed E-state index contributed by atoms with van der Waals surface area (Å²) in [7, 11) is 0. The standard InChI is InChI=1S/C19H28N2O2/c1-5-6-7-15-8-9-17-16(12-15)18(20-14(4)22)19(23)21(17)11-10-13(2)3/h8-9,12-13,18H,5-7,10-11H2,1-4H3,(H,20,22). The van der Waals surface area contributed by atoms with Crippen molar-refractivity contribution in [2.75, 3.05) is 11.4 Å². The second-order valence-electron chi connectivity index (χ2n) is 6.80. The number of hydrogen-bond donors (Lipinski definition) is 1. The number of benzene rings is 1. The van der Waals surface area contributed by atoms with Crippen molar-refractivity contribution >= 4 is 17.5 Å². The minimum atomic E-state index is -0.531. The van der Waals surface area contributed by atoms with E-state index in [2.05, 4.69) is 38.2 Å². The van der Waals surface area contributed by atoms with Gasteiger partial charge in [-0.05, 0) is 36.8 Å². The lowest BCUT2D eigenvalue weighted by molar-refractivity contribution is -0.126. The van der Waals surface area contributed by atoms with Crippen LogP contribution in [0.4, 0.5) is 5.69 Å². The number of carbonyl (C=O) groups excluding carboxylic acids is 2. The molecule has 0 radical (unpaired) electrons. The molecule has 1 aliphatic rings. The second-order valence-corrected chi connectivity index (χ2v) is 6.80. The summed E-state index contributed by atoms with van der Waals surface area (Å²) >= 11 is 0. The van der Waals surface area contributed by atoms with Crippen LogP contribution in [0.2, 0.25) is 0 Å². The van der Waals surface area contributed by atoms with E-state index in [1.54, 1.807) is 0 Å². The lowest BCUT2D eigenvalue weighted by Crippen LogP contribution is -2.37. The largest absolute Gasteiger partial charge is 0.341 e. The molecule has 1 aromatic rings. The Hall–Kier alpha value is -1.84. The van der Waals surface area contributed by atoms with Crippen LogP contribution in [0.15, 0.2) is 18.2 Å². The van der Waals surface area contributed by atoms with Gasteiger partial charge in [-0.25, -0.2) is 0 Å². The van der Waals surface area contributed by atoms with Gasteiger partial charge in [-0.1, -0.05) is 39.3 Å². The molecule has 2 rings (SSSR count). The van der Waals surface area contributed by atoms with Crippen molar-refractivity contribution in [1.29, 1.82) is 0 Å². The molecular formula is C19H28N2O2. The Bertz CT molecular complexity index is 581. The van der Waals surface area contributed by atoms with E-state index >= 15 is 0 Å². The normalized spacial score (nSPS) is 16.8. The number of fused-ring (bicyclic) bond motifs is 1. The first-order valence-corrected chi connectivity index (χ1v) is 8.65. The van der Waals surface area contributed by atoms with Gasteiger partial charge in [-0.3, -0.25) is 9.59 Å². The van der Waals surface area contributed by atoms with Crippen LogP contribution < -0.4 is 10.2 Å². The summed E-state index contributed by atoms with van der Waals surface area (Å²) < 4.78 is 0. The van der Waals surface area contributed by atoms with E-state index in [1.807, 2.05) is 11.0 Å². The van der Waals surface area contributed by atoms with Crippen molar-refractivity contribution in [2.45, 2.75) is 59.4 Å². The van der Waals surface area contributed by atoms with Gasteiger partial charge in [0.25, 0.3) is 5.91 Å². The van der Waals surface area contributed by atoms with Crippen LogP contribution in [0.5, 0.6) is 0 Å². The van der Waals surface area contributed by atoms with Crippen molar-refractivity contribution in [1.82, 2.24) is 5.32 Å². The van der Waals surface area contributed by atoms with Crippen molar-refractivity contribution in [2.24, 2.45) is 5.92 Å². The first-order valence-electron chi connectivity index (χ1n) is 8.65. The highest BCUT2D eigenvalue weighted by molar-refractivity contribution is 6.06. The van der Waals surface area contributed by atoms with E-state index in [9.17, 15) is 9.59 Å². The van der Waals surface area contributed by atoms with Gasteiger partial charge in [0.1, 0.15) is 6.04 Å². The molecule has 0 spiro atoms. The van der Waals surface area contributed by atoms with Gasteiger partial charge >= 0.3 is 0 Å². The summed E-state index contributed by atoms with van der Waals surface area (Å²) in [5, 5.41) is 2.82. The third-order valence-electron chi connectivity index (χ3n) is 4.30. The third-order valence-corrected chi connectivity index (χ3v) is 4.30. The fourth-order valence-corrected chi connectivity index (χ4v) is 2.99. The van der Waals surface area contributed by atoms with E-state index in [1.165, 1.54) is 12.5 Å². The average Bonchev–Trinajstić information content (AvgIpc) is 2.74. The predicted molar refractivity (Wildman–Crippen MR) is 93.4 cm³/mol. The minimum absolute atomic E-state index is 0.0107. The van der Waals surface area contributed by atoms with Crippen LogP contribution in [-0.2, 0) is 16.0 Å². The Kier molecular flexibility index (Phi) is 5.80. The number of nitrogens with one attached hydrogen (secondary N) is 1. The third kappa shape index (κ3) is 4.12. The highest BCUT2D eigenvalue weighted by Crippen LogP contribution is 2.37. The zero-order valence-electron chi connectivity index (χ0n) is 14.7. The summed E-state index contributed by atoms with van der Waals surface area (Å²) in [6.45, 7) is 8.64. The number of hydrogen-bond acceptors (Lipinski definition) is 2. The first kappa shape index (κ1) is 17.5. The van der Waals surface area contributed by atoms with Gasteiger partial charge < -0.3 is 10.2 Å². The fourth-order valence-electron chi connectivity index (χ4n) is 2.99. The molecule has 4 nitrogen and oxygen atoms in total. The van der Waals surface area contributed by atoms with Crippen LogP contribution in [-0.4, -0.2) is 18.4 Å². The Morgan fingerprint density at radius 1 is 1.35 bits per heavy atom. The summed E-state index contributed by atoms with van der Waals surface area (Å²) in [6.07, 6.45) is 4.24. The summed E-state index contributed by atoms with van der Waals surface area (Å²) in [5.41, 5.74) is 3.14. The molecule has 0 aliphatic carbocycles. The summed E-state index contributed by atoms with van der Waals surface area (Å²) in [6, 6.07) is 5.72. The molecule has 0 saturated carbocycles. The van der Waals surface area contributed by atoms with Gasteiger partial charge in [0.05, 0.1) is 0 Å². The van der Waals surface area contributed by atoms with Crippen molar-refractivity contribution < 1.29 is 9.59 Å². The molecule has 126 valence electrons. The van der Waals surface area contributed by atoms with E-state index in [-0.39, 0.29) is 11.8 Å². The molecule has 4 heteroatoms. The molecule has 1 atom stereocenters. The van der Waals surface area contributed by atoms with Crippen LogP contribution >= 0.6 is 0 Å². The Balaban J connectivity index is 2.30. The zero-order valence-corrected chi connectivity index (χ0v) is 14.7. The summed E-state index contributed by atoms with van der Waals surface area (Å²) in [5.74, 6) is 0.359. The van der Waals surface area contributed by atoms with Gasteiger partial charge in [-0.2, -0.15) is 0 Å². The maximum atomic E-state index is 12.7. The fraction of sp³-hybridized carbons (Fsp3) is 0.579. The molecule has 0 saturated heterocycles. The highest BCUT2D eigenvalue weighted by Gasteiger charge is 2.37. The average molecular weight is 316 g/mol. The molecule has 0 bridgehead atoms. The highest BCUT2D eigenvalue weighted by atomic mass is 16.2. The van der Waals surface area contributed by atoms with Gasteiger partial charge in [0.15, 0.2) is 0 Å². The predicted octanol–water partition coefficient (Wildman–Crippen LogP) is 3.60. The number of unbranched alkanes of at least 4 members (excludes halogenated alkanes) is 1. The van der Waals surface area contributed by atoms with Crippen molar-refractivity contribution in [3.8, 4) is 0 Å². The van der Waals surface area contributed by atoms with E-state index in [4.69, 9.17) is 0 Å². The minimum Gasteiger partial charge on any atom is -0.341 e. The molecule has 0 fully saturated rings. The topological polar surface area (TPSA) is 49.4 Å². The molecule has 0 aromatic heterocycles. The van der Waals surface area contributed by atoms with Gasteiger partial charge in [-0.15, -0.1) is 0 Å². The molecule has 1 aliphatic heterocycles. The molecule has 1 heterocycles. The lowest BCUT2D eigenvalue weighted by Gasteiger charge is -2.19. The van der Waals surface area contributed by atoms with Crippen LogP contribution in [0.3, 0.4) is 0 Å².